The van der Waals surface area contributed by atoms with Gasteiger partial charge < -0.3 is 25.4 Å². The lowest BCUT2D eigenvalue weighted by atomic mass is 9.77. The molecule has 1 aliphatic carbocycles. The maximum absolute atomic E-state index is 16.2. The van der Waals surface area contributed by atoms with Gasteiger partial charge in [0.25, 0.3) is 0 Å². The average Bonchev–Trinajstić information content (AvgIpc) is 3.85. The van der Waals surface area contributed by atoms with E-state index in [1.807, 2.05) is 73.6 Å². The Hall–Kier alpha value is -6.91. The fourth-order valence-electron chi connectivity index (χ4n) is 11.1. The van der Waals surface area contributed by atoms with Gasteiger partial charge in [0.1, 0.15) is 11.6 Å². The molecule has 4 aliphatic rings. The molecule has 0 radical (unpaired) electrons. The SMILES string of the molecule is COc1ccc(C(N)=O)c(-c2c(Cl)c(F)cc3c2[C@H](C)[C@@](CNC2CCC(C(=O)N4CCC(c5ccc(-c6ccc7c(N8CCC(=O)NC8=O)nn(C)c7c6)cn5)CC4)CC2)(c2ccccc2)O3)c1F. The Labute approximate surface area is 408 Å². The fourth-order valence-corrected chi connectivity index (χ4v) is 11.3. The van der Waals surface area contributed by atoms with Crippen molar-refractivity contribution in [2.75, 3.05) is 38.2 Å². The number of amides is 5. The molecule has 3 fully saturated rings. The second-order valence-electron chi connectivity index (χ2n) is 18.8. The molecule has 5 heterocycles. The van der Waals surface area contributed by atoms with Crippen molar-refractivity contribution in [3.8, 4) is 33.8 Å². The summed E-state index contributed by atoms with van der Waals surface area (Å²) in [7, 11) is 3.13. The summed E-state index contributed by atoms with van der Waals surface area (Å²) in [5.41, 5.74) is 9.26. The summed E-state index contributed by atoms with van der Waals surface area (Å²) in [5, 5.41) is 11.2. The Morgan fingerprint density at radius 3 is 2.37 bits per heavy atom. The minimum Gasteiger partial charge on any atom is -0.494 e. The van der Waals surface area contributed by atoms with Crippen molar-refractivity contribution in [1.82, 2.24) is 30.3 Å². The maximum Gasteiger partial charge on any atom is 0.329 e. The van der Waals surface area contributed by atoms with E-state index < -0.39 is 35.1 Å². The smallest absolute Gasteiger partial charge is 0.329 e. The lowest BCUT2D eigenvalue weighted by molar-refractivity contribution is -0.137. The number of imide groups is 1. The number of likely N-dealkylation sites (tertiary alicyclic amines) is 1. The molecular formula is C53H53ClF2N8O6. The maximum atomic E-state index is 16.2. The molecule has 0 spiro atoms. The molecule has 4 aromatic carbocycles. The number of nitrogens with one attached hydrogen (secondary N) is 2. The van der Waals surface area contributed by atoms with Crippen LogP contribution in [0.15, 0.2) is 85.1 Å². The molecule has 6 aromatic rings. The van der Waals surface area contributed by atoms with E-state index in [1.54, 1.807) is 4.68 Å². The second kappa shape index (κ2) is 18.8. The van der Waals surface area contributed by atoms with Crippen molar-refractivity contribution in [1.29, 1.82) is 0 Å². The number of rotatable bonds is 11. The summed E-state index contributed by atoms with van der Waals surface area (Å²) in [6, 6.07) is 23.2. The van der Waals surface area contributed by atoms with E-state index in [4.69, 9.17) is 31.8 Å². The van der Waals surface area contributed by atoms with Gasteiger partial charge in [0.15, 0.2) is 23.0 Å². The number of pyridine rings is 1. The first kappa shape index (κ1) is 46.8. The number of methoxy groups -OCH3 is 1. The number of nitrogens with two attached hydrogens (primary N) is 1. The van der Waals surface area contributed by atoms with E-state index in [9.17, 15) is 19.2 Å². The molecule has 2 saturated heterocycles. The number of aryl methyl sites for hydroxylation is 1. The zero-order valence-electron chi connectivity index (χ0n) is 39.1. The van der Waals surface area contributed by atoms with Crippen LogP contribution in [0.5, 0.6) is 11.5 Å². The highest BCUT2D eigenvalue weighted by Gasteiger charge is 2.50. The van der Waals surface area contributed by atoms with Crippen LogP contribution in [-0.2, 0) is 22.2 Å². The highest BCUT2D eigenvalue weighted by atomic mass is 35.5. The van der Waals surface area contributed by atoms with Crippen LogP contribution >= 0.6 is 11.6 Å². The molecule has 14 nitrogen and oxygen atoms in total. The first-order valence-electron chi connectivity index (χ1n) is 23.8. The molecule has 4 N–H and O–H groups in total. The number of aromatic nitrogens is 3. The zero-order chi connectivity index (χ0) is 49.0. The van der Waals surface area contributed by atoms with Crippen molar-refractivity contribution in [2.24, 2.45) is 18.7 Å². The van der Waals surface area contributed by atoms with Crippen LogP contribution in [0.4, 0.5) is 19.4 Å². The zero-order valence-corrected chi connectivity index (χ0v) is 39.8. The van der Waals surface area contributed by atoms with Gasteiger partial charge in [-0.2, -0.15) is 5.10 Å². The van der Waals surface area contributed by atoms with Crippen molar-refractivity contribution in [3.63, 3.8) is 0 Å². The summed E-state index contributed by atoms with van der Waals surface area (Å²) in [6.07, 6.45) is 6.74. The number of piperidine rings is 1. The Kier molecular flexibility index (Phi) is 12.6. The molecule has 2 atom stereocenters. The van der Waals surface area contributed by atoms with Gasteiger partial charge in [0, 0.05) is 109 Å². The summed E-state index contributed by atoms with van der Waals surface area (Å²) in [5.74, 6) is -2.57. The molecule has 0 unspecified atom stereocenters. The largest absolute Gasteiger partial charge is 0.494 e. The normalized spacial score (nSPS) is 21.7. The molecule has 3 aliphatic heterocycles. The molecule has 0 bridgehead atoms. The molecular weight excluding hydrogens is 918 g/mol. The minimum absolute atomic E-state index is 0.0102. The van der Waals surface area contributed by atoms with E-state index >= 15 is 8.78 Å². The summed E-state index contributed by atoms with van der Waals surface area (Å²) in [6.45, 7) is 3.84. The van der Waals surface area contributed by atoms with Gasteiger partial charge in [0.05, 0.1) is 23.2 Å². The van der Waals surface area contributed by atoms with Gasteiger partial charge in [-0.15, -0.1) is 0 Å². The third-order valence-electron chi connectivity index (χ3n) is 15.0. The van der Waals surface area contributed by atoms with Crippen LogP contribution in [0.3, 0.4) is 0 Å². The van der Waals surface area contributed by atoms with Crippen molar-refractivity contribution < 1.29 is 37.4 Å². The Bertz CT molecular complexity index is 3050. The standard InChI is InChI=1S/C53H53ClF2N8O6/c1-29-44-42(26-38(55)47(54)46(44)45-37(49(57)66)16-18-41(69-3)48(45)56)70-53(29,34-7-5-4-6-8-34)28-59-35-13-9-31(10-14-35)51(67)63-22-19-30(20-23-63)39-17-12-33(27-58-39)32-11-15-36-40(25-32)62(2)61-50(36)64-24-21-43(65)60-52(64)68/h4-8,11-12,15-18,25-27,29-31,35,59H,9-10,13-14,19-24,28H2,1-3H3,(H2,57,66)(H,60,65,68)/t29-,31?,35?,53-/m0/s1. The van der Waals surface area contributed by atoms with Crippen molar-refractivity contribution in [2.45, 2.75) is 75.3 Å². The number of hydrogen-bond acceptors (Lipinski definition) is 9. The highest BCUT2D eigenvalue weighted by molar-refractivity contribution is 6.34. The van der Waals surface area contributed by atoms with Crippen LogP contribution in [0.25, 0.3) is 33.2 Å². The molecule has 362 valence electrons. The Balaban J connectivity index is 0.772. The van der Waals surface area contributed by atoms with E-state index in [-0.39, 0.29) is 75.9 Å². The van der Waals surface area contributed by atoms with Crippen molar-refractivity contribution in [3.05, 3.63) is 124 Å². The van der Waals surface area contributed by atoms with E-state index in [1.165, 1.54) is 30.2 Å². The van der Waals surface area contributed by atoms with Gasteiger partial charge in [-0.25, -0.2) is 13.6 Å². The number of urea groups is 1. The molecule has 10 rings (SSSR count). The number of carbonyl (C=O) groups is 4. The molecule has 5 amide bonds. The number of hydrogen-bond donors (Lipinski definition) is 3. The molecule has 2 aromatic heterocycles. The van der Waals surface area contributed by atoms with E-state index in [0.717, 1.165) is 71.8 Å². The van der Waals surface area contributed by atoms with Crippen LogP contribution in [0.1, 0.15) is 90.9 Å². The monoisotopic (exact) mass is 970 g/mol. The highest BCUT2D eigenvalue weighted by Crippen LogP contribution is 2.56. The second-order valence-corrected chi connectivity index (χ2v) is 19.2. The van der Waals surface area contributed by atoms with Gasteiger partial charge in [-0.3, -0.25) is 34.3 Å². The number of anilines is 1. The fraction of sp³-hybridized carbons (Fsp3) is 0.358. The quantitative estimate of drug-likeness (QED) is 0.115. The number of primary amides is 1. The predicted octanol–water partition coefficient (Wildman–Crippen LogP) is 8.73. The Morgan fingerprint density at radius 2 is 1.69 bits per heavy atom. The number of carbonyl (C=O) groups excluding carboxylic acids is 4. The summed E-state index contributed by atoms with van der Waals surface area (Å²) in [4.78, 5) is 59.3. The van der Waals surface area contributed by atoms with Gasteiger partial charge in [-0.1, -0.05) is 61.0 Å². The third-order valence-corrected chi connectivity index (χ3v) is 15.3. The molecule has 70 heavy (non-hydrogen) atoms. The van der Waals surface area contributed by atoms with Gasteiger partial charge in [-0.05, 0) is 80.0 Å². The lowest BCUT2D eigenvalue weighted by Gasteiger charge is -2.38. The van der Waals surface area contributed by atoms with Crippen LogP contribution in [0, 0.1) is 17.6 Å². The van der Waals surface area contributed by atoms with Crippen LogP contribution in [0.2, 0.25) is 5.02 Å². The average molecular weight is 972 g/mol. The number of nitrogens with zero attached hydrogens (tertiary/aromatic N) is 5. The predicted molar refractivity (Wildman–Crippen MR) is 261 cm³/mol. The Morgan fingerprint density at radius 1 is 0.943 bits per heavy atom. The van der Waals surface area contributed by atoms with E-state index in [0.29, 0.717) is 31.0 Å². The van der Waals surface area contributed by atoms with Crippen molar-refractivity contribution >= 4 is 52.1 Å². The van der Waals surface area contributed by atoms with Crippen LogP contribution in [-0.4, -0.2) is 82.7 Å². The minimum atomic E-state index is -1.08. The van der Waals surface area contributed by atoms with Gasteiger partial charge in [0.2, 0.25) is 17.7 Å². The first-order valence-corrected chi connectivity index (χ1v) is 24.1. The number of ether oxygens (including phenoxy) is 2. The van der Waals surface area contributed by atoms with E-state index in [2.05, 4.69) is 27.9 Å². The third kappa shape index (κ3) is 8.29. The topological polar surface area (TPSA) is 174 Å². The number of benzene rings is 4. The molecule has 1 saturated carbocycles. The molecule has 17 heteroatoms. The first-order chi connectivity index (χ1) is 33.8. The number of fused-ring (bicyclic) bond motifs is 2. The number of halogens is 3. The van der Waals surface area contributed by atoms with Crippen LogP contribution < -0.4 is 30.7 Å². The summed E-state index contributed by atoms with van der Waals surface area (Å²) >= 11 is 6.70. The lowest BCUT2D eigenvalue weighted by Crippen LogP contribution is -2.49. The van der Waals surface area contributed by atoms with Gasteiger partial charge >= 0.3 is 6.03 Å². The summed E-state index contributed by atoms with van der Waals surface area (Å²) < 4.78 is 45.8.